The third kappa shape index (κ3) is 3.55. The average Bonchev–Trinajstić information content (AvgIpc) is 2.60. The van der Waals surface area contributed by atoms with E-state index in [0.717, 1.165) is 6.07 Å². The van der Waals surface area contributed by atoms with Crippen LogP contribution in [0.25, 0.3) is 0 Å². The summed E-state index contributed by atoms with van der Waals surface area (Å²) in [5, 5.41) is 4.28. The minimum absolute atomic E-state index is 0.00859. The van der Waals surface area contributed by atoms with Gasteiger partial charge in [0.05, 0.1) is 17.4 Å². The normalized spacial score (nSPS) is 14.7. The highest BCUT2D eigenvalue weighted by Gasteiger charge is 2.25. The first-order valence-electron chi connectivity index (χ1n) is 7.59. The van der Waals surface area contributed by atoms with Crippen molar-refractivity contribution in [2.75, 3.05) is 31.1 Å². The summed E-state index contributed by atoms with van der Waals surface area (Å²) < 4.78 is 15.6. The molecule has 0 unspecified atom stereocenters. The summed E-state index contributed by atoms with van der Waals surface area (Å²) in [6.07, 6.45) is 1.61. The van der Waals surface area contributed by atoms with Crippen molar-refractivity contribution in [1.29, 1.82) is 0 Å². The van der Waals surface area contributed by atoms with Crippen LogP contribution in [-0.4, -0.2) is 46.8 Å². The molecule has 2 heterocycles. The van der Waals surface area contributed by atoms with Crippen LogP contribution in [0.2, 0.25) is 5.02 Å². The van der Waals surface area contributed by atoms with Crippen LogP contribution in [0.3, 0.4) is 0 Å². The van der Waals surface area contributed by atoms with E-state index in [-0.39, 0.29) is 22.1 Å². The molecule has 0 spiro atoms. The van der Waals surface area contributed by atoms with E-state index in [4.69, 9.17) is 11.6 Å². The van der Waals surface area contributed by atoms with Gasteiger partial charge in [-0.25, -0.2) is 9.07 Å². The first-order valence-corrected chi connectivity index (χ1v) is 8.76. The Kier molecular flexibility index (Phi) is 5.10. The van der Waals surface area contributed by atoms with E-state index in [0.29, 0.717) is 36.3 Å². The predicted octanol–water partition coefficient (Wildman–Crippen LogP) is 2.30. The van der Waals surface area contributed by atoms with Crippen LogP contribution in [-0.2, 0) is 7.05 Å². The van der Waals surface area contributed by atoms with Crippen LogP contribution in [0.5, 0.6) is 0 Å². The topological polar surface area (TPSA) is 58.4 Å². The molecular formula is C16H15BrClFN4O2. The molecule has 0 saturated carbocycles. The zero-order valence-corrected chi connectivity index (χ0v) is 15.7. The molecule has 132 valence electrons. The summed E-state index contributed by atoms with van der Waals surface area (Å²) >= 11 is 9.03. The van der Waals surface area contributed by atoms with E-state index in [2.05, 4.69) is 21.0 Å². The van der Waals surface area contributed by atoms with Gasteiger partial charge < -0.3 is 9.80 Å². The molecule has 2 aromatic rings. The van der Waals surface area contributed by atoms with Crippen molar-refractivity contribution in [3.05, 3.63) is 55.6 Å². The highest BCUT2D eigenvalue weighted by atomic mass is 79.9. The summed E-state index contributed by atoms with van der Waals surface area (Å²) in [5.74, 6) is -0.992. The monoisotopic (exact) mass is 428 g/mol. The van der Waals surface area contributed by atoms with Gasteiger partial charge in [-0.1, -0.05) is 11.6 Å². The van der Waals surface area contributed by atoms with E-state index >= 15 is 0 Å². The van der Waals surface area contributed by atoms with Gasteiger partial charge in [0.25, 0.3) is 11.5 Å². The van der Waals surface area contributed by atoms with Gasteiger partial charge in [-0.15, -0.1) is 0 Å². The number of aromatic nitrogens is 2. The van der Waals surface area contributed by atoms with Crippen molar-refractivity contribution in [1.82, 2.24) is 14.7 Å². The van der Waals surface area contributed by atoms with Crippen molar-refractivity contribution >= 4 is 39.1 Å². The molecule has 1 aliphatic rings. The molecule has 1 aliphatic heterocycles. The van der Waals surface area contributed by atoms with Crippen molar-refractivity contribution in [2.24, 2.45) is 7.05 Å². The first kappa shape index (κ1) is 17.9. The number of carbonyl (C=O) groups excluding carboxylic acids is 1. The van der Waals surface area contributed by atoms with E-state index in [1.807, 2.05) is 4.90 Å². The van der Waals surface area contributed by atoms with Crippen molar-refractivity contribution in [3.63, 3.8) is 0 Å². The number of piperazine rings is 1. The number of halogens is 3. The summed E-state index contributed by atoms with van der Waals surface area (Å²) in [6, 6.07) is 4.03. The third-order valence-electron chi connectivity index (χ3n) is 4.13. The predicted molar refractivity (Wildman–Crippen MR) is 96.7 cm³/mol. The molecular weight excluding hydrogens is 415 g/mol. The van der Waals surface area contributed by atoms with Gasteiger partial charge in [0.2, 0.25) is 0 Å². The van der Waals surface area contributed by atoms with Gasteiger partial charge in [-0.3, -0.25) is 9.59 Å². The van der Waals surface area contributed by atoms with Gasteiger partial charge >= 0.3 is 0 Å². The molecule has 9 heteroatoms. The minimum Gasteiger partial charge on any atom is -0.366 e. The fourth-order valence-electron chi connectivity index (χ4n) is 2.71. The van der Waals surface area contributed by atoms with Crippen LogP contribution >= 0.6 is 27.5 Å². The maximum absolute atomic E-state index is 13.9. The van der Waals surface area contributed by atoms with Crippen LogP contribution < -0.4 is 10.5 Å². The lowest BCUT2D eigenvalue weighted by Gasteiger charge is -2.36. The molecule has 6 nitrogen and oxygen atoms in total. The standard InChI is InChI=1S/C16H15BrClFN4O2/c1-21-16(25)14(17)13(9-20-21)22-4-6-23(7-5-22)15(24)11-3-2-10(18)8-12(11)19/h2-3,8-9H,4-7H2,1H3. The van der Waals surface area contributed by atoms with Crippen LogP contribution in [0, 0.1) is 5.82 Å². The molecule has 0 aliphatic carbocycles. The van der Waals surface area contributed by atoms with Crippen molar-refractivity contribution in [3.8, 4) is 0 Å². The highest BCUT2D eigenvalue weighted by Crippen LogP contribution is 2.23. The molecule has 25 heavy (non-hydrogen) atoms. The molecule has 3 rings (SSSR count). The fraction of sp³-hybridized carbons (Fsp3) is 0.312. The van der Waals surface area contributed by atoms with Crippen molar-refractivity contribution in [2.45, 2.75) is 0 Å². The molecule has 1 fully saturated rings. The lowest BCUT2D eigenvalue weighted by molar-refractivity contribution is 0.0742. The SMILES string of the molecule is Cn1ncc(N2CCN(C(=O)c3ccc(Cl)cc3F)CC2)c(Br)c1=O. The van der Waals surface area contributed by atoms with Crippen LogP contribution in [0.1, 0.15) is 10.4 Å². The largest absolute Gasteiger partial charge is 0.366 e. The summed E-state index contributed by atoms with van der Waals surface area (Å²) in [4.78, 5) is 28.0. The van der Waals surface area contributed by atoms with Gasteiger partial charge in [0.1, 0.15) is 10.3 Å². The summed E-state index contributed by atoms with van der Waals surface area (Å²) in [5.41, 5.74) is 0.474. The Labute approximate surface area is 156 Å². The van der Waals surface area contributed by atoms with Gasteiger partial charge in [0, 0.05) is 38.2 Å². The van der Waals surface area contributed by atoms with Gasteiger partial charge in [-0.05, 0) is 34.1 Å². The number of hydrogen-bond acceptors (Lipinski definition) is 4. The first-order chi connectivity index (χ1) is 11.9. The van der Waals surface area contributed by atoms with Crippen LogP contribution in [0.15, 0.2) is 33.7 Å². The van der Waals surface area contributed by atoms with Gasteiger partial charge in [0.15, 0.2) is 0 Å². The number of rotatable bonds is 2. The Morgan fingerprint density at radius 1 is 1.28 bits per heavy atom. The fourth-order valence-corrected chi connectivity index (χ4v) is 3.47. The number of benzene rings is 1. The summed E-state index contributed by atoms with van der Waals surface area (Å²) in [7, 11) is 1.58. The Morgan fingerprint density at radius 3 is 2.60 bits per heavy atom. The van der Waals surface area contributed by atoms with Gasteiger partial charge in [-0.2, -0.15) is 5.10 Å². The maximum atomic E-state index is 13.9. The second-order valence-electron chi connectivity index (χ2n) is 5.68. The number of carbonyl (C=O) groups is 1. The number of nitrogens with zero attached hydrogens (tertiary/aromatic N) is 4. The number of anilines is 1. The molecule has 1 aromatic heterocycles. The zero-order chi connectivity index (χ0) is 18.1. The quantitative estimate of drug-likeness (QED) is 0.735. The Bertz CT molecular complexity index is 881. The third-order valence-corrected chi connectivity index (χ3v) is 5.11. The molecule has 0 bridgehead atoms. The molecule has 1 saturated heterocycles. The molecule has 0 radical (unpaired) electrons. The van der Waals surface area contributed by atoms with E-state index in [1.165, 1.54) is 16.8 Å². The van der Waals surface area contributed by atoms with E-state index in [9.17, 15) is 14.0 Å². The van der Waals surface area contributed by atoms with E-state index < -0.39 is 5.82 Å². The second-order valence-corrected chi connectivity index (χ2v) is 6.91. The summed E-state index contributed by atoms with van der Waals surface area (Å²) in [6.45, 7) is 1.88. The van der Waals surface area contributed by atoms with Crippen molar-refractivity contribution < 1.29 is 9.18 Å². The Balaban J connectivity index is 1.73. The highest BCUT2D eigenvalue weighted by molar-refractivity contribution is 9.10. The van der Waals surface area contributed by atoms with Crippen LogP contribution in [0.4, 0.5) is 10.1 Å². The minimum atomic E-state index is -0.626. The number of aryl methyl sites for hydroxylation is 1. The maximum Gasteiger partial charge on any atom is 0.282 e. The average molecular weight is 430 g/mol. The molecule has 1 amide bonds. The Morgan fingerprint density at radius 2 is 1.96 bits per heavy atom. The zero-order valence-electron chi connectivity index (χ0n) is 13.4. The van der Waals surface area contributed by atoms with E-state index in [1.54, 1.807) is 18.1 Å². The number of amides is 1. The molecule has 0 atom stereocenters. The lowest BCUT2D eigenvalue weighted by atomic mass is 10.1. The Hall–Kier alpha value is -1.93. The molecule has 0 N–H and O–H groups in total. The number of hydrogen-bond donors (Lipinski definition) is 0. The molecule has 1 aromatic carbocycles. The second kappa shape index (κ2) is 7.13. The smallest absolute Gasteiger partial charge is 0.282 e. The lowest BCUT2D eigenvalue weighted by Crippen LogP contribution is -2.49.